The van der Waals surface area contributed by atoms with Crippen LogP contribution in [0.2, 0.25) is 5.02 Å². The third-order valence-corrected chi connectivity index (χ3v) is 5.13. The van der Waals surface area contributed by atoms with E-state index in [0.29, 0.717) is 71.3 Å². The van der Waals surface area contributed by atoms with Crippen molar-refractivity contribution < 1.29 is 14.3 Å². The maximum absolute atomic E-state index is 12.0. The number of benzene rings is 1. The highest BCUT2D eigenvalue weighted by Crippen LogP contribution is 2.39. The van der Waals surface area contributed by atoms with E-state index in [1.54, 1.807) is 29.1 Å². The van der Waals surface area contributed by atoms with Crippen molar-refractivity contribution in [2.24, 2.45) is 0 Å². The normalized spacial score (nSPS) is 12.9. The summed E-state index contributed by atoms with van der Waals surface area (Å²) >= 11 is 6.52. The van der Waals surface area contributed by atoms with Crippen molar-refractivity contribution in [3.63, 3.8) is 0 Å². The lowest BCUT2D eigenvalue weighted by Gasteiger charge is -2.15. The molecule has 162 valence electrons. The summed E-state index contributed by atoms with van der Waals surface area (Å²) < 4.78 is 13.3. The number of halogens is 1. The summed E-state index contributed by atoms with van der Waals surface area (Å²) in [5, 5.41) is 7.78. The molecule has 1 aliphatic rings. The first-order chi connectivity index (χ1) is 15.1. The van der Waals surface area contributed by atoms with E-state index in [-0.39, 0.29) is 5.91 Å². The highest BCUT2D eigenvalue weighted by atomic mass is 35.5. The van der Waals surface area contributed by atoms with Crippen LogP contribution < -0.4 is 14.8 Å². The van der Waals surface area contributed by atoms with Gasteiger partial charge >= 0.3 is 0 Å². The molecule has 31 heavy (non-hydrogen) atoms. The molecule has 4 rings (SSSR count). The van der Waals surface area contributed by atoms with Crippen molar-refractivity contribution in [3.05, 3.63) is 41.2 Å². The second-order valence-corrected chi connectivity index (χ2v) is 7.49. The molecular weight excluding hydrogens is 418 g/mol. The SMILES string of the molecule is CCCCOc1c(Cl)cc(-c2nccc(-c3cc4n(n3)CCNC4=O)n2)cc1OCC. The van der Waals surface area contributed by atoms with Gasteiger partial charge in [0.15, 0.2) is 17.3 Å². The lowest BCUT2D eigenvalue weighted by Crippen LogP contribution is -2.35. The number of amides is 1. The van der Waals surface area contributed by atoms with Crippen LogP contribution in [-0.2, 0) is 6.54 Å². The highest BCUT2D eigenvalue weighted by molar-refractivity contribution is 6.32. The Bertz CT molecular complexity index is 1100. The van der Waals surface area contributed by atoms with Crippen molar-refractivity contribution in [2.75, 3.05) is 19.8 Å². The smallest absolute Gasteiger partial charge is 0.269 e. The topological polar surface area (TPSA) is 91.2 Å². The molecule has 0 saturated carbocycles. The van der Waals surface area contributed by atoms with E-state index in [0.717, 1.165) is 12.8 Å². The number of ether oxygens (including phenoxy) is 2. The number of carbonyl (C=O) groups is 1. The van der Waals surface area contributed by atoms with E-state index in [2.05, 4.69) is 27.3 Å². The molecular formula is C22H24ClN5O3. The van der Waals surface area contributed by atoms with Gasteiger partial charge in [0.1, 0.15) is 11.4 Å². The van der Waals surface area contributed by atoms with Crippen molar-refractivity contribution in [1.29, 1.82) is 0 Å². The Labute approximate surface area is 185 Å². The highest BCUT2D eigenvalue weighted by Gasteiger charge is 2.21. The third kappa shape index (κ3) is 4.49. The van der Waals surface area contributed by atoms with Gasteiger partial charge < -0.3 is 14.8 Å². The molecule has 0 atom stereocenters. The molecule has 0 aliphatic carbocycles. The molecule has 2 aromatic heterocycles. The zero-order valence-corrected chi connectivity index (χ0v) is 18.3. The Balaban J connectivity index is 1.68. The number of nitrogens with one attached hydrogen (secondary N) is 1. The Hall–Kier alpha value is -3.13. The van der Waals surface area contributed by atoms with Crippen molar-refractivity contribution >= 4 is 17.5 Å². The van der Waals surface area contributed by atoms with E-state index < -0.39 is 0 Å². The van der Waals surface area contributed by atoms with Gasteiger partial charge in [0.05, 0.1) is 30.5 Å². The van der Waals surface area contributed by atoms with Gasteiger partial charge in [-0.3, -0.25) is 9.48 Å². The van der Waals surface area contributed by atoms with E-state index in [1.807, 2.05) is 13.0 Å². The molecule has 1 aliphatic heterocycles. The van der Waals surface area contributed by atoms with Gasteiger partial charge in [-0.1, -0.05) is 24.9 Å². The zero-order valence-electron chi connectivity index (χ0n) is 17.5. The number of carbonyl (C=O) groups excluding carboxylic acids is 1. The van der Waals surface area contributed by atoms with Gasteiger partial charge in [-0.15, -0.1) is 0 Å². The lowest BCUT2D eigenvalue weighted by molar-refractivity contribution is 0.0924. The molecule has 1 aromatic carbocycles. The molecule has 0 spiro atoms. The average molecular weight is 442 g/mol. The second kappa shape index (κ2) is 9.34. The maximum atomic E-state index is 12.0. The summed E-state index contributed by atoms with van der Waals surface area (Å²) in [7, 11) is 0. The number of hydrogen-bond acceptors (Lipinski definition) is 6. The van der Waals surface area contributed by atoms with Crippen molar-refractivity contribution in [3.8, 4) is 34.3 Å². The fraction of sp³-hybridized carbons (Fsp3) is 0.364. The minimum Gasteiger partial charge on any atom is -0.490 e. The van der Waals surface area contributed by atoms with Gasteiger partial charge in [-0.05, 0) is 37.6 Å². The largest absolute Gasteiger partial charge is 0.490 e. The molecule has 0 saturated heterocycles. The molecule has 8 nitrogen and oxygen atoms in total. The third-order valence-electron chi connectivity index (χ3n) is 4.85. The minimum atomic E-state index is -0.133. The van der Waals surface area contributed by atoms with Gasteiger partial charge in [0.2, 0.25) is 0 Å². The molecule has 0 bridgehead atoms. The van der Waals surface area contributed by atoms with E-state index >= 15 is 0 Å². The average Bonchev–Trinajstić information content (AvgIpc) is 3.22. The fourth-order valence-corrected chi connectivity index (χ4v) is 3.59. The summed E-state index contributed by atoms with van der Waals surface area (Å²) in [6, 6.07) is 7.12. The zero-order chi connectivity index (χ0) is 21.8. The molecule has 0 radical (unpaired) electrons. The summed E-state index contributed by atoms with van der Waals surface area (Å²) in [6.45, 7) is 6.25. The summed E-state index contributed by atoms with van der Waals surface area (Å²) in [4.78, 5) is 21.1. The van der Waals surface area contributed by atoms with Gasteiger partial charge in [0, 0.05) is 18.3 Å². The molecule has 1 amide bonds. The minimum absolute atomic E-state index is 0.133. The van der Waals surface area contributed by atoms with Crippen LogP contribution in [-0.4, -0.2) is 45.4 Å². The second-order valence-electron chi connectivity index (χ2n) is 7.08. The molecule has 3 aromatic rings. The van der Waals surface area contributed by atoms with Crippen LogP contribution in [0.4, 0.5) is 0 Å². The number of aromatic nitrogens is 4. The first-order valence-corrected chi connectivity index (χ1v) is 10.8. The number of hydrogen-bond donors (Lipinski definition) is 1. The number of fused-ring (bicyclic) bond motifs is 1. The van der Waals surface area contributed by atoms with Gasteiger partial charge in [-0.2, -0.15) is 5.10 Å². The quantitative estimate of drug-likeness (QED) is 0.531. The molecule has 0 unspecified atom stereocenters. The molecule has 0 fully saturated rings. The first kappa shape index (κ1) is 21.1. The van der Waals surface area contributed by atoms with Gasteiger partial charge in [-0.25, -0.2) is 9.97 Å². The van der Waals surface area contributed by atoms with Crippen LogP contribution >= 0.6 is 11.6 Å². The van der Waals surface area contributed by atoms with Crippen LogP contribution in [0.1, 0.15) is 37.2 Å². The Morgan fingerprint density at radius 1 is 1.19 bits per heavy atom. The van der Waals surface area contributed by atoms with Crippen molar-refractivity contribution in [1.82, 2.24) is 25.1 Å². The Morgan fingerprint density at radius 2 is 2.06 bits per heavy atom. The van der Waals surface area contributed by atoms with Crippen LogP contribution in [0.15, 0.2) is 30.5 Å². The molecule has 9 heteroatoms. The molecule has 3 heterocycles. The summed E-state index contributed by atoms with van der Waals surface area (Å²) in [5.41, 5.74) is 2.47. The maximum Gasteiger partial charge on any atom is 0.269 e. The monoisotopic (exact) mass is 441 g/mol. The van der Waals surface area contributed by atoms with Crippen LogP contribution in [0.5, 0.6) is 11.5 Å². The van der Waals surface area contributed by atoms with Crippen LogP contribution in [0.25, 0.3) is 22.8 Å². The Morgan fingerprint density at radius 3 is 2.84 bits per heavy atom. The van der Waals surface area contributed by atoms with Gasteiger partial charge in [0.25, 0.3) is 5.91 Å². The van der Waals surface area contributed by atoms with E-state index in [4.69, 9.17) is 21.1 Å². The molecule has 1 N–H and O–H groups in total. The van der Waals surface area contributed by atoms with Crippen molar-refractivity contribution in [2.45, 2.75) is 33.2 Å². The lowest BCUT2D eigenvalue weighted by atomic mass is 10.1. The Kier molecular flexibility index (Phi) is 6.36. The first-order valence-electron chi connectivity index (χ1n) is 10.4. The predicted octanol–water partition coefficient (Wildman–Crippen LogP) is 3.98. The van der Waals surface area contributed by atoms with Crippen LogP contribution in [0.3, 0.4) is 0 Å². The summed E-state index contributed by atoms with van der Waals surface area (Å²) in [5.74, 6) is 1.44. The van der Waals surface area contributed by atoms with E-state index in [9.17, 15) is 4.79 Å². The summed E-state index contributed by atoms with van der Waals surface area (Å²) in [6.07, 6.45) is 3.62. The predicted molar refractivity (Wildman–Crippen MR) is 118 cm³/mol. The van der Waals surface area contributed by atoms with E-state index in [1.165, 1.54) is 0 Å². The van der Waals surface area contributed by atoms with Crippen LogP contribution in [0, 0.1) is 0 Å². The number of rotatable bonds is 8. The number of nitrogens with zero attached hydrogens (tertiary/aromatic N) is 4. The fourth-order valence-electron chi connectivity index (χ4n) is 3.32. The standard InChI is InChI=1S/C22H24ClN5O3/c1-3-5-10-31-20-15(23)11-14(12-19(20)30-4-2)21-24-7-6-16(26-21)17-13-18-22(29)25-8-9-28(18)27-17/h6-7,11-13H,3-5,8-10H2,1-2H3,(H,25,29). The number of unbranched alkanes of at least 4 members (excludes halogenated alkanes) is 1.